The van der Waals surface area contributed by atoms with E-state index in [0.29, 0.717) is 31.7 Å². The van der Waals surface area contributed by atoms with Crippen LogP contribution in [0.3, 0.4) is 0 Å². The Labute approximate surface area is 134 Å². The highest BCUT2D eigenvalue weighted by atomic mass is 16.5. The summed E-state index contributed by atoms with van der Waals surface area (Å²) in [5.41, 5.74) is 0.764. The Morgan fingerprint density at radius 1 is 1.22 bits per heavy atom. The van der Waals surface area contributed by atoms with Gasteiger partial charge in [0, 0.05) is 13.0 Å². The van der Waals surface area contributed by atoms with Crippen LogP contribution in [0.5, 0.6) is 5.75 Å². The van der Waals surface area contributed by atoms with Crippen LogP contribution in [-0.2, 0) is 16.1 Å². The van der Waals surface area contributed by atoms with E-state index >= 15 is 0 Å². The first kappa shape index (κ1) is 15.1. The highest BCUT2D eigenvalue weighted by Gasteiger charge is 2.24. The molecule has 6 nitrogen and oxygen atoms in total. The molecule has 0 atom stereocenters. The molecule has 0 bridgehead atoms. The largest absolute Gasteiger partial charge is 0.482 e. The van der Waals surface area contributed by atoms with Gasteiger partial charge in [-0.2, -0.15) is 0 Å². The number of hydrogen-bond acceptors (Lipinski definition) is 4. The monoisotopic (exact) mass is 314 g/mol. The molecule has 1 aromatic carbocycles. The van der Waals surface area contributed by atoms with Gasteiger partial charge in [-0.05, 0) is 30.7 Å². The molecule has 23 heavy (non-hydrogen) atoms. The number of anilines is 1. The molecule has 3 rings (SSSR count). The highest BCUT2D eigenvalue weighted by molar-refractivity contribution is 5.97. The third-order valence-electron chi connectivity index (χ3n) is 3.63. The Morgan fingerprint density at radius 2 is 2.09 bits per heavy atom. The highest BCUT2D eigenvalue weighted by Crippen LogP contribution is 2.31. The number of amides is 2. The van der Waals surface area contributed by atoms with Crippen LogP contribution in [0.25, 0.3) is 0 Å². The number of ether oxygens (including phenoxy) is 1. The molecule has 1 aromatic heterocycles. The van der Waals surface area contributed by atoms with E-state index in [-0.39, 0.29) is 18.4 Å². The number of carbonyl (C=O) groups is 2. The van der Waals surface area contributed by atoms with Crippen LogP contribution in [0.15, 0.2) is 47.1 Å². The van der Waals surface area contributed by atoms with E-state index in [1.54, 1.807) is 17.2 Å². The minimum absolute atomic E-state index is 0.0434. The van der Waals surface area contributed by atoms with E-state index in [0.717, 1.165) is 11.4 Å². The molecule has 1 aliphatic heterocycles. The Morgan fingerprint density at radius 3 is 2.91 bits per heavy atom. The summed E-state index contributed by atoms with van der Waals surface area (Å²) in [5, 5.41) is 2.79. The van der Waals surface area contributed by atoms with E-state index in [1.807, 2.05) is 30.3 Å². The molecule has 0 aliphatic carbocycles. The number of hydrogen-bond donors (Lipinski definition) is 1. The van der Waals surface area contributed by atoms with Gasteiger partial charge in [0.25, 0.3) is 5.91 Å². The van der Waals surface area contributed by atoms with Crippen LogP contribution in [0, 0.1) is 0 Å². The van der Waals surface area contributed by atoms with E-state index in [4.69, 9.17) is 9.15 Å². The van der Waals surface area contributed by atoms with Crippen LogP contribution >= 0.6 is 0 Å². The number of benzene rings is 1. The summed E-state index contributed by atoms with van der Waals surface area (Å²) >= 11 is 0. The zero-order valence-electron chi connectivity index (χ0n) is 12.7. The molecule has 0 saturated carbocycles. The van der Waals surface area contributed by atoms with Crippen LogP contribution < -0.4 is 15.0 Å². The van der Waals surface area contributed by atoms with Crippen molar-refractivity contribution in [3.8, 4) is 5.75 Å². The molecule has 0 fully saturated rings. The van der Waals surface area contributed by atoms with Crippen molar-refractivity contribution in [3.63, 3.8) is 0 Å². The molecule has 0 radical (unpaired) electrons. The summed E-state index contributed by atoms with van der Waals surface area (Å²) in [6, 6.07) is 11.0. The predicted octanol–water partition coefficient (Wildman–Crippen LogP) is 2.10. The topological polar surface area (TPSA) is 71.8 Å². The van der Waals surface area contributed by atoms with Crippen LogP contribution in [-0.4, -0.2) is 25.0 Å². The second-order valence-corrected chi connectivity index (χ2v) is 5.26. The van der Waals surface area contributed by atoms with E-state index in [1.165, 1.54) is 0 Å². The first-order valence-corrected chi connectivity index (χ1v) is 7.55. The maximum Gasteiger partial charge on any atom is 0.265 e. The predicted molar refractivity (Wildman–Crippen MR) is 84.1 cm³/mol. The number of carbonyl (C=O) groups excluding carboxylic acids is 2. The summed E-state index contributed by atoms with van der Waals surface area (Å²) in [6.07, 6.45) is 2.51. The minimum Gasteiger partial charge on any atom is -0.482 e. The molecule has 0 unspecified atom stereocenters. The smallest absolute Gasteiger partial charge is 0.265 e. The Kier molecular flexibility index (Phi) is 4.61. The van der Waals surface area contributed by atoms with Crippen LogP contribution in [0.1, 0.15) is 18.6 Å². The molecule has 1 N–H and O–H groups in total. The van der Waals surface area contributed by atoms with Crippen molar-refractivity contribution in [2.45, 2.75) is 19.4 Å². The van der Waals surface area contributed by atoms with Gasteiger partial charge >= 0.3 is 0 Å². The van der Waals surface area contributed by atoms with E-state index < -0.39 is 0 Å². The lowest BCUT2D eigenvalue weighted by Crippen LogP contribution is -2.39. The standard InChI is InChI=1S/C17H18N2O4/c20-16(18-11-13-5-4-10-22-13)8-3-9-19-14-6-1-2-7-15(14)23-12-17(19)21/h1-2,4-7,10H,3,8-9,11-12H2,(H,18,20). The zero-order valence-corrected chi connectivity index (χ0v) is 12.7. The molecular weight excluding hydrogens is 296 g/mol. The molecule has 2 aromatic rings. The molecule has 120 valence electrons. The number of furan rings is 1. The summed E-state index contributed by atoms with van der Waals surface area (Å²) < 4.78 is 10.5. The second-order valence-electron chi connectivity index (χ2n) is 5.26. The lowest BCUT2D eigenvalue weighted by atomic mass is 10.2. The van der Waals surface area contributed by atoms with Crippen molar-refractivity contribution in [2.75, 3.05) is 18.1 Å². The lowest BCUT2D eigenvalue weighted by Gasteiger charge is -2.29. The van der Waals surface area contributed by atoms with Crippen molar-refractivity contribution in [1.29, 1.82) is 0 Å². The van der Waals surface area contributed by atoms with E-state index in [2.05, 4.69) is 5.32 Å². The number of para-hydroxylation sites is 2. The number of fused-ring (bicyclic) bond motifs is 1. The molecule has 2 heterocycles. The number of nitrogens with one attached hydrogen (secondary N) is 1. The third-order valence-corrected chi connectivity index (χ3v) is 3.63. The zero-order chi connectivity index (χ0) is 16.1. The first-order valence-electron chi connectivity index (χ1n) is 7.55. The van der Waals surface area contributed by atoms with Gasteiger partial charge in [0.1, 0.15) is 11.5 Å². The van der Waals surface area contributed by atoms with Crippen LogP contribution in [0.2, 0.25) is 0 Å². The van der Waals surface area contributed by atoms with Gasteiger partial charge in [0.05, 0.1) is 18.5 Å². The van der Waals surface area contributed by atoms with Gasteiger partial charge in [0.2, 0.25) is 5.91 Å². The Bertz CT molecular complexity index is 682. The van der Waals surface area contributed by atoms with Crippen LogP contribution in [0.4, 0.5) is 5.69 Å². The van der Waals surface area contributed by atoms with Gasteiger partial charge < -0.3 is 19.4 Å². The van der Waals surface area contributed by atoms with Gasteiger partial charge in [-0.3, -0.25) is 9.59 Å². The molecule has 0 spiro atoms. The van der Waals surface area contributed by atoms with Crippen molar-refractivity contribution in [2.24, 2.45) is 0 Å². The van der Waals surface area contributed by atoms with Gasteiger partial charge in [0.15, 0.2) is 6.61 Å². The minimum atomic E-state index is -0.0836. The third kappa shape index (κ3) is 3.71. The van der Waals surface area contributed by atoms with Crippen molar-refractivity contribution >= 4 is 17.5 Å². The average molecular weight is 314 g/mol. The quantitative estimate of drug-likeness (QED) is 0.886. The fourth-order valence-corrected chi connectivity index (χ4v) is 2.48. The first-order chi connectivity index (χ1) is 11.2. The maximum absolute atomic E-state index is 12.0. The SMILES string of the molecule is O=C(CCCN1C(=O)COc2ccccc21)NCc1ccco1. The molecular formula is C17H18N2O4. The normalized spacial score (nSPS) is 13.4. The molecule has 1 aliphatic rings. The summed E-state index contributed by atoms with van der Waals surface area (Å²) in [6.45, 7) is 0.917. The summed E-state index contributed by atoms with van der Waals surface area (Å²) in [5.74, 6) is 1.28. The van der Waals surface area contributed by atoms with Gasteiger partial charge in [-0.25, -0.2) is 0 Å². The van der Waals surface area contributed by atoms with Gasteiger partial charge in [-0.15, -0.1) is 0 Å². The number of nitrogens with zero attached hydrogens (tertiary/aromatic N) is 1. The maximum atomic E-state index is 12.0. The van der Waals surface area contributed by atoms with Crippen molar-refractivity contribution in [1.82, 2.24) is 5.32 Å². The fraction of sp³-hybridized carbons (Fsp3) is 0.294. The summed E-state index contributed by atoms with van der Waals surface area (Å²) in [4.78, 5) is 25.5. The Hall–Kier alpha value is -2.76. The fourth-order valence-electron chi connectivity index (χ4n) is 2.48. The van der Waals surface area contributed by atoms with Crippen molar-refractivity contribution in [3.05, 3.63) is 48.4 Å². The second kappa shape index (κ2) is 7.00. The average Bonchev–Trinajstić information content (AvgIpc) is 3.08. The molecule has 0 saturated heterocycles. The van der Waals surface area contributed by atoms with E-state index in [9.17, 15) is 9.59 Å². The molecule has 6 heteroatoms. The number of rotatable bonds is 6. The van der Waals surface area contributed by atoms with Gasteiger partial charge in [-0.1, -0.05) is 12.1 Å². The van der Waals surface area contributed by atoms with Crippen molar-refractivity contribution < 1.29 is 18.7 Å². The molecule has 2 amide bonds. The summed E-state index contributed by atoms with van der Waals surface area (Å²) in [7, 11) is 0. The Balaban J connectivity index is 1.48. The lowest BCUT2D eigenvalue weighted by molar-refractivity contribution is -0.123.